The number of halogens is 2. The molecule has 2 fully saturated rings. The van der Waals surface area contributed by atoms with Gasteiger partial charge in [-0.05, 0) is 87.4 Å². The Morgan fingerprint density at radius 3 is 1.58 bits per heavy atom. The fourth-order valence-electron chi connectivity index (χ4n) is 8.98. The Morgan fingerprint density at radius 1 is 0.656 bits per heavy atom. The van der Waals surface area contributed by atoms with E-state index in [1.165, 1.54) is 24.3 Å². The van der Waals surface area contributed by atoms with E-state index in [1.807, 2.05) is 0 Å². The number of aryl methyl sites for hydroxylation is 2. The molecule has 4 aromatic heterocycles. The fraction of sp³-hybridized carbons (Fsp3) is 0.375. The van der Waals surface area contributed by atoms with E-state index in [1.54, 1.807) is 83.9 Å². The number of piperazine rings is 2. The van der Waals surface area contributed by atoms with Gasteiger partial charge in [0.15, 0.2) is 0 Å². The predicted octanol–water partition coefficient (Wildman–Crippen LogP) is 6.51. The average molecular weight is 871 g/mol. The summed E-state index contributed by atoms with van der Waals surface area (Å²) in [5.74, 6) is -0.0548. The van der Waals surface area contributed by atoms with E-state index in [-0.39, 0.29) is 65.4 Å². The molecular formula is C48H52F2N10O4. The highest BCUT2D eigenvalue weighted by Gasteiger charge is 2.36. The summed E-state index contributed by atoms with van der Waals surface area (Å²) in [4.78, 5) is 49.9. The minimum atomic E-state index is -0.718. The number of anilines is 2. The number of β-amino-alcohol motifs (C(OH)–C–C–N with tert-alkyl or cyclic N) is 1. The highest BCUT2D eigenvalue weighted by Crippen LogP contribution is 2.34. The Morgan fingerprint density at radius 2 is 1.11 bits per heavy atom. The summed E-state index contributed by atoms with van der Waals surface area (Å²) >= 11 is 0. The number of aliphatic hydroxyl groups excluding tert-OH is 2. The summed E-state index contributed by atoms with van der Waals surface area (Å²) in [7, 11) is 3.40. The van der Waals surface area contributed by atoms with Crippen LogP contribution in [0.1, 0.15) is 51.0 Å². The third-order valence-electron chi connectivity index (χ3n) is 12.6. The first kappa shape index (κ1) is 45.5. The standard InChI is InChI=1S/2C24H26FN5O2/c1-15-13-30(21(14-31)17-5-7-18(25)8-6-17)16(2)12-29(15)20-11-23(32)28(4)19-9-10-22(26-3)27-24(19)20;1-15-13-30(16(2)12-29(15)14-21(31)17-5-7-18(25)8-6-17)20-11-23(32)28(4)19-9-10-22(26-3)27-24(19)20/h2*5-11,15-16,21,31H,12-14H2,1-2,4H3/t2*15-,16+,21?/m01/s1. The number of nitrogens with zero attached hydrogens (tertiary/aromatic N) is 10. The van der Waals surface area contributed by atoms with Gasteiger partial charge in [0.2, 0.25) is 11.0 Å². The molecule has 0 spiro atoms. The molecule has 332 valence electrons. The topological polar surface area (TPSA) is 132 Å². The third kappa shape index (κ3) is 9.23. The molecule has 2 aromatic carbocycles. The Labute approximate surface area is 370 Å². The van der Waals surface area contributed by atoms with Crippen LogP contribution in [0.4, 0.5) is 31.8 Å². The van der Waals surface area contributed by atoms with Crippen LogP contribution in [0.2, 0.25) is 0 Å². The maximum Gasteiger partial charge on any atom is 0.270 e. The van der Waals surface area contributed by atoms with Gasteiger partial charge >= 0.3 is 0 Å². The third-order valence-corrected chi connectivity index (χ3v) is 12.6. The van der Waals surface area contributed by atoms with Crippen LogP contribution in [-0.2, 0) is 14.1 Å². The molecule has 2 N–H and O–H groups in total. The molecule has 2 aliphatic rings. The lowest BCUT2D eigenvalue weighted by Crippen LogP contribution is -2.58. The maximum absolute atomic E-state index is 13.4. The van der Waals surface area contributed by atoms with Crippen molar-refractivity contribution in [3.8, 4) is 0 Å². The molecular weight excluding hydrogens is 819 g/mol. The summed E-state index contributed by atoms with van der Waals surface area (Å²) < 4.78 is 29.7. The van der Waals surface area contributed by atoms with Crippen molar-refractivity contribution in [2.75, 3.05) is 49.1 Å². The molecule has 6 aromatic rings. The van der Waals surface area contributed by atoms with Gasteiger partial charge in [-0.15, -0.1) is 9.97 Å². The van der Waals surface area contributed by atoms with Crippen LogP contribution in [0, 0.1) is 24.8 Å². The zero-order valence-corrected chi connectivity index (χ0v) is 36.7. The number of rotatable bonds is 8. The summed E-state index contributed by atoms with van der Waals surface area (Å²) in [5.41, 5.74) is 5.37. The molecule has 0 bridgehead atoms. The van der Waals surface area contributed by atoms with Gasteiger partial charge in [0, 0.05) is 83.1 Å². The Kier molecular flexibility index (Phi) is 13.5. The number of aliphatic hydroxyl groups is 2. The monoisotopic (exact) mass is 870 g/mol. The SMILES string of the molecule is [C-]#[N+]c1ccc2c(n1)c(N1C[C@@H](C)N(C(CO)c3ccc(F)cc3)C[C@@H]1C)cc(=O)n2C.[C-]#[N+]c1ccc2c(n1)c(N1C[C@@H](C)N(CC(O)c3ccc(F)cc3)C[C@@H]1C)cc(=O)n2C. The lowest BCUT2D eigenvalue weighted by atomic mass is 9.99. The molecule has 2 aliphatic heterocycles. The van der Waals surface area contributed by atoms with E-state index in [0.717, 1.165) is 16.9 Å². The van der Waals surface area contributed by atoms with E-state index in [2.05, 4.69) is 67.0 Å². The van der Waals surface area contributed by atoms with Gasteiger partial charge in [0.1, 0.15) is 11.6 Å². The second-order valence-electron chi connectivity index (χ2n) is 16.8. The van der Waals surface area contributed by atoms with Crippen LogP contribution in [0.5, 0.6) is 0 Å². The number of benzene rings is 2. The number of pyridine rings is 4. The zero-order valence-electron chi connectivity index (χ0n) is 36.7. The second kappa shape index (κ2) is 19.0. The van der Waals surface area contributed by atoms with Crippen molar-refractivity contribution in [3.05, 3.63) is 151 Å². The highest BCUT2D eigenvalue weighted by molar-refractivity contribution is 5.90. The minimum absolute atomic E-state index is 0.0226. The van der Waals surface area contributed by atoms with Crippen molar-refractivity contribution in [1.29, 1.82) is 0 Å². The molecule has 14 nitrogen and oxygen atoms in total. The van der Waals surface area contributed by atoms with Gasteiger partial charge < -0.3 is 38.8 Å². The van der Waals surface area contributed by atoms with Gasteiger partial charge in [-0.1, -0.05) is 37.4 Å². The second-order valence-corrected chi connectivity index (χ2v) is 16.8. The van der Waals surface area contributed by atoms with E-state index >= 15 is 0 Å². The van der Waals surface area contributed by atoms with Crippen molar-refractivity contribution in [2.24, 2.45) is 14.1 Å². The van der Waals surface area contributed by atoms with Crippen LogP contribution in [0.15, 0.2) is 94.5 Å². The zero-order chi connectivity index (χ0) is 46.0. The lowest BCUT2D eigenvalue weighted by Gasteiger charge is -2.48. The smallest absolute Gasteiger partial charge is 0.270 e. The fourth-order valence-corrected chi connectivity index (χ4v) is 8.98. The lowest BCUT2D eigenvalue weighted by molar-refractivity contribution is 0.0680. The maximum atomic E-state index is 13.4. The Bertz CT molecular complexity index is 2860. The summed E-state index contributed by atoms with van der Waals surface area (Å²) in [6.45, 7) is 25.9. The number of fused-ring (bicyclic) bond motifs is 2. The average Bonchev–Trinajstić information content (AvgIpc) is 3.29. The molecule has 0 saturated carbocycles. The minimum Gasteiger partial charge on any atom is -0.394 e. The van der Waals surface area contributed by atoms with Crippen LogP contribution in [-0.4, -0.2) is 103 Å². The number of hydrogen-bond donors (Lipinski definition) is 2. The summed E-state index contributed by atoms with van der Waals surface area (Å²) in [5, 5.41) is 20.8. The molecule has 6 heterocycles. The largest absolute Gasteiger partial charge is 0.394 e. The van der Waals surface area contributed by atoms with Crippen molar-refractivity contribution >= 4 is 45.1 Å². The highest BCUT2D eigenvalue weighted by atomic mass is 19.1. The van der Waals surface area contributed by atoms with Gasteiger partial charge in [-0.2, -0.15) is 0 Å². The molecule has 8 rings (SSSR count). The predicted molar refractivity (Wildman–Crippen MR) is 245 cm³/mol. The molecule has 64 heavy (non-hydrogen) atoms. The van der Waals surface area contributed by atoms with Crippen molar-refractivity contribution in [1.82, 2.24) is 28.9 Å². The first-order valence-electron chi connectivity index (χ1n) is 21.2. The van der Waals surface area contributed by atoms with Crippen molar-refractivity contribution in [2.45, 2.75) is 64.0 Å². The Balaban J connectivity index is 0.000000191. The van der Waals surface area contributed by atoms with Gasteiger partial charge in [-0.25, -0.2) is 8.78 Å². The van der Waals surface area contributed by atoms with E-state index < -0.39 is 6.10 Å². The van der Waals surface area contributed by atoms with Crippen LogP contribution >= 0.6 is 0 Å². The van der Waals surface area contributed by atoms with E-state index in [0.29, 0.717) is 66.2 Å². The van der Waals surface area contributed by atoms with Crippen LogP contribution < -0.4 is 20.9 Å². The van der Waals surface area contributed by atoms with E-state index in [4.69, 9.17) is 13.1 Å². The van der Waals surface area contributed by atoms with Crippen molar-refractivity contribution < 1.29 is 19.0 Å². The van der Waals surface area contributed by atoms with Gasteiger partial charge in [0.05, 0.1) is 41.2 Å². The van der Waals surface area contributed by atoms with Crippen LogP contribution in [0.3, 0.4) is 0 Å². The molecule has 0 aliphatic carbocycles. The first-order chi connectivity index (χ1) is 30.6. The van der Waals surface area contributed by atoms with Crippen LogP contribution in [0.25, 0.3) is 31.8 Å². The van der Waals surface area contributed by atoms with Gasteiger partial charge in [-0.3, -0.25) is 19.4 Å². The first-order valence-corrected chi connectivity index (χ1v) is 21.2. The molecule has 2 unspecified atom stereocenters. The Hall–Kier alpha value is -6.56. The summed E-state index contributed by atoms with van der Waals surface area (Å²) in [6, 6.07) is 22.1. The normalized spacial score (nSPS) is 20.3. The molecule has 0 amide bonds. The molecule has 2 saturated heterocycles. The molecule has 0 radical (unpaired) electrons. The van der Waals surface area contributed by atoms with Crippen molar-refractivity contribution in [3.63, 3.8) is 0 Å². The molecule has 16 heteroatoms. The van der Waals surface area contributed by atoms with Gasteiger partial charge in [0.25, 0.3) is 22.8 Å². The number of aromatic nitrogens is 4. The van der Waals surface area contributed by atoms with E-state index in [9.17, 15) is 28.6 Å². The summed E-state index contributed by atoms with van der Waals surface area (Å²) in [6.07, 6.45) is -0.718. The number of hydrogen-bond acceptors (Lipinski definition) is 10. The quantitative estimate of drug-likeness (QED) is 0.163. The molecule has 6 atom stereocenters.